The summed E-state index contributed by atoms with van der Waals surface area (Å²) in [7, 11) is 0. The Morgan fingerprint density at radius 1 is 0.697 bits per heavy atom. The summed E-state index contributed by atoms with van der Waals surface area (Å²) in [5.74, 6) is -1.06. The van der Waals surface area contributed by atoms with Gasteiger partial charge in [0.15, 0.2) is 0 Å². The van der Waals surface area contributed by atoms with E-state index in [-0.39, 0.29) is 11.5 Å². The molecule has 0 aliphatic heterocycles. The second-order valence-electron chi connectivity index (χ2n) is 6.75. The lowest BCUT2D eigenvalue weighted by Crippen LogP contribution is -2.48. The average molecular weight is 493 g/mol. The molecule has 0 aromatic heterocycles. The van der Waals surface area contributed by atoms with E-state index in [0.29, 0.717) is 11.5 Å². The minimum Gasteiger partial charge on any atom is -0.465 e. The van der Waals surface area contributed by atoms with Crippen molar-refractivity contribution in [3.05, 3.63) is 71.8 Å². The van der Waals surface area contributed by atoms with Gasteiger partial charge in [0.2, 0.25) is 0 Å². The molecule has 33 heavy (non-hydrogen) atoms. The number of carboxylic acid groups (broad SMARTS) is 2. The minimum atomic E-state index is -1.44. The van der Waals surface area contributed by atoms with Gasteiger partial charge in [0.25, 0.3) is 0 Å². The molecule has 0 aliphatic carbocycles. The molecule has 11 heteroatoms. The van der Waals surface area contributed by atoms with Gasteiger partial charge in [-0.05, 0) is 11.1 Å². The van der Waals surface area contributed by atoms with Crippen LogP contribution in [-0.2, 0) is 25.8 Å². The number of carbonyl (C=O) groups excluding carboxylic acids is 2. The highest BCUT2D eigenvalue weighted by Gasteiger charge is 2.29. The number of ether oxygens (including phenoxy) is 1. The zero-order valence-corrected chi connectivity index (χ0v) is 19.1. The number of hydrogen-bond acceptors (Lipinski definition) is 7. The van der Waals surface area contributed by atoms with Gasteiger partial charge in [-0.2, -0.15) is 23.5 Å². The molecule has 176 valence electrons. The van der Waals surface area contributed by atoms with Gasteiger partial charge in [-0.15, -0.1) is 0 Å². The molecule has 0 spiro atoms. The van der Waals surface area contributed by atoms with Crippen molar-refractivity contribution in [1.29, 1.82) is 0 Å². The molecule has 2 atom stereocenters. The average Bonchev–Trinajstić information content (AvgIpc) is 2.78. The lowest BCUT2D eigenvalue weighted by molar-refractivity contribution is -0.161. The number of rotatable bonds is 12. The van der Waals surface area contributed by atoms with Crippen LogP contribution in [0, 0.1) is 0 Å². The smallest absolute Gasteiger partial charge is 0.405 e. The Morgan fingerprint density at radius 2 is 1.06 bits per heavy atom. The van der Waals surface area contributed by atoms with E-state index in [2.05, 4.69) is 0 Å². The first kappa shape index (κ1) is 26.1. The standard InChI is InChI=1S/C22H24N2O7S2/c25-19(17(23-21(27)28)13-32-11-15-7-3-1-4-8-15)31-20(26)18(24-22(29)30)14-33-12-16-9-5-2-6-10-16/h1-10,17-18,23-24H,11-14H2,(H,27,28)(H,29,30)/t17-,18-/m0/s1. The number of thioether (sulfide) groups is 2. The maximum Gasteiger partial charge on any atom is 0.405 e. The van der Waals surface area contributed by atoms with Crippen LogP contribution < -0.4 is 10.6 Å². The summed E-state index contributed by atoms with van der Waals surface area (Å²) in [6.07, 6.45) is -2.88. The van der Waals surface area contributed by atoms with Crippen LogP contribution in [0.2, 0.25) is 0 Å². The first-order chi connectivity index (χ1) is 15.8. The highest BCUT2D eigenvalue weighted by atomic mass is 32.2. The van der Waals surface area contributed by atoms with E-state index in [1.54, 1.807) is 0 Å². The first-order valence-corrected chi connectivity index (χ1v) is 12.1. The van der Waals surface area contributed by atoms with Gasteiger partial charge < -0.3 is 25.6 Å². The van der Waals surface area contributed by atoms with Crippen LogP contribution in [-0.4, -0.2) is 57.9 Å². The lowest BCUT2D eigenvalue weighted by Gasteiger charge is -2.18. The summed E-state index contributed by atoms with van der Waals surface area (Å²) in [6, 6.07) is 16.2. The molecule has 9 nitrogen and oxygen atoms in total. The van der Waals surface area contributed by atoms with Crippen molar-refractivity contribution in [3.8, 4) is 0 Å². The Labute approximate surface area is 199 Å². The summed E-state index contributed by atoms with van der Waals surface area (Å²) < 4.78 is 4.83. The summed E-state index contributed by atoms with van der Waals surface area (Å²) in [5, 5.41) is 22.1. The molecular weight excluding hydrogens is 468 g/mol. The van der Waals surface area contributed by atoms with Crippen LogP contribution in [0.25, 0.3) is 0 Å². The Hall–Kier alpha value is -3.18. The molecule has 2 aromatic carbocycles. The third kappa shape index (κ3) is 10.3. The fourth-order valence-electron chi connectivity index (χ4n) is 2.61. The summed E-state index contributed by atoms with van der Waals surface area (Å²) in [5.41, 5.74) is 1.98. The third-order valence-corrected chi connectivity index (χ3v) is 6.37. The van der Waals surface area contributed by atoms with E-state index in [1.807, 2.05) is 71.3 Å². The molecule has 2 amide bonds. The van der Waals surface area contributed by atoms with Gasteiger partial charge >= 0.3 is 24.1 Å². The van der Waals surface area contributed by atoms with Crippen molar-refractivity contribution in [2.45, 2.75) is 23.6 Å². The van der Waals surface area contributed by atoms with Crippen LogP contribution in [0.1, 0.15) is 11.1 Å². The molecule has 0 saturated heterocycles. The number of benzene rings is 2. The quantitative estimate of drug-likeness (QED) is 0.259. The molecule has 0 bridgehead atoms. The van der Waals surface area contributed by atoms with Gasteiger partial charge in [-0.1, -0.05) is 60.7 Å². The Morgan fingerprint density at radius 3 is 1.39 bits per heavy atom. The predicted octanol–water partition coefficient (Wildman–Crippen LogP) is 3.20. The maximum atomic E-state index is 12.5. The van der Waals surface area contributed by atoms with Crippen LogP contribution in [0.4, 0.5) is 9.59 Å². The molecule has 4 N–H and O–H groups in total. The fraction of sp³-hybridized carbons (Fsp3) is 0.273. The second kappa shape index (κ2) is 14.1. The highest BCUT2D eigenvalue weighted by Crippen LogP contribution is 2.15. The van der Waals surface area contributed by atoms with Crippen LogP contribution >= 0.6 is 23.5 Å². The van der Waals surface area contributed by atoms with Gasteiger partial charge in [-0.3, -0.25) is 0 Å². The van der Waals surface area contributed by atoms with E-state index < -0.39 is 36.2 Å². The summed E-state index contributed by atoms with van der Waals surface area (Å²) in [4.78, 5) is 47.1. The van der Waals surface area contributed by atoms with Crippen molar-refractivity contribution in [1.82, 2.24) is 10.6 Å². The molecule has 0 fully saturated rings. The molecule has 0 radical (unpaired) electrons. The third-order valence-electron chi connectivity index (χ3n) is 4.16. The van der Waals surface area contributed by atoms with Crippen molar-refractivity contribution in [2.24, 2.45) is 0 Å². The maximum absolute atomic E-state index is 12.5. The Kier molecular flexibility index (Phi) is 11.1. The molecular formula is C22H24N2O7S2. The summed E-state index contributed by atoms with van der Waals surface area (Å²) >= 11 is 2.58. The first-order valence-electron chi connectivity index (χ1n) is 9.83. The van der Waals surface area contributed by atoms with Crippen LogP contribution in [0.3, 0.4) is 0 Å². The van der Waals surface area contributed by atoms with Gasteiger partial charge in [0.05, 0.1) is 0 Å². The number of nitrogens with one attached hydrogen (secondary N) is 2. The number of amides is 2. The predicted molar refractivity (Wildman–Crippen MR) is 126 cm³/mol. The molecule has 2 aromatic rings. The van der Waals surface area contributed by atoms with Crippen molar-refractivity contribution >= 4 is 47.6 Å². The Balaban J connectivity index is 1.92. The Bertz CT molecular complexity index is 853. The van der Waals surface area contributed by atoms with E-state index in [1.165, 1.54) is 23.5 Å². The number of carbonyl (C=O) groups is 4. The van der Waals surface area contributed by atoms with E-state index in [0.717, 1.165) is 11.1 Å². The zero-order valence-electron chi connectivity index (χ0n) is 17.5. The second-order valence-corrected chi connectivity index (χ2v) is 8.81. The SMILES string of the molecule is O=C(O)N[C@@H](CSCc1ccccc1)C(=O)OC(=O)[C@H](CSCc1ccccc1)NC(=O)O. The lowest BCUT2D eigenvalue weighted by atomic mass is 10.2. The molecule has 0 unspecified atom stereocenters. The minimum absolute atomic E-state index is 0.0348. The van der Waals surface area contributed by atoms with E-state index >= 15 is 0 Å². The molecule has 2 rings (SSSR count). The van der Waals surface area contributed by atoms with E-state index in [4.69, 9.17) is 14.9 Å². The van der Waals surface area contributed by atoms with Gasteiger partial charge in [-0.25, -0.2) is 19.2 Å². The van der Waals surface area contributed by atoms with Crippen LogP contribution in [0.5, 0.6) is 0 Å². The molecule has 0 saturated carbocycles. The van der Waals surface area contributed by atoms with Crippen molar-refractivity contribution in [3.63, 3.8) is 0 Å². The van der Waals surface area contributed by atoms with Crippen molar-refractivity contribution in [2.75, 3.05) is 11.5 Å². The molecule has 0 aliphatic rings. The van der Waals surface area contributed by atoms with Crippen molar-refractivity contribution < 1.29 is 34.1 Å². The van der Waals surface area contributed by atoms with Gasteiger partial charge in [0.1, 0.15) is 12.1 Å². The summed E-state index contributed by atoms with van der Waals surface area (Å²) in [6.45, 7) is 0. The largest absolute Gasteiger partial charge is 0.465 e. The van der Waals surface area contributed by atoms with E-state index in [9.17, 15) is 19.2 Å². The zero-order chi connectivity index (χ0) is 24.1. The van der Waals surface area contributed by atoms with Gasteiger partial charge in [0, 0.05) is 23.0 Å². The monoisotopic (exact) mass is 492 g/mol. The highest BCUT2D eigenvalue weighted by molar-refractivity contribution is 7.98. The number of hydrogen-bond donors (Lipinski definition) is 4. The number of esters is 2. The fourth-order valence-corrected chi connectivity index (χ4v) is 4.62. The normalized spacial score (nSPS) is 12.2. The van der Waals surface area contributed by atoms with Crippen LogP contribution in [0.15, 0.2) is 60.7 Å². The molecule has 0 heterocycles. The topological polar surface area (TPSA) is 142 Å².